The number of quaternary nitrogens is 1. The van der Waals surface area contributed by atoms with Gasteiger partial charge in [0.2, 0.25) is 0 Å². The number of aliphatic hydroxyl groups excluding tert-OH is 1. The third-order valence-electron chi connectivity index (χ3n) is 8.43. The molecule has 0 aromatic heterocycles. The van der Waals surface area contributed by atoms with E-state index in [1.54, 1.807) is 6.08 Å². The number of carbonyl (C=O) groups is 2. The van der Waals surface area contributed by atoms with Crippen molar-refractivity contribution < 1.29 is 47.2 Å². The highest BCUT2D eigenvalue weighted by Gasteiger charge is 2.21. The normalized spacial score (nSPS) is 15.2. The number of phosphoric acid groups is 1. The molecule has 0 aliphatic rings. The Morgan fingerprint density at radius 1 is 0.627 bits per heavy atom. The van der Waals surface area contributed by atoms with Crippen LogP contribution in [0.2, 0.25) is 0 Å². The van der Waals surface area contributed by atoms with E-state index in [4.69, 9.17) is 18.5 Å². The molecular formula is C48H78NO9P. The van der Waals surface area contributed by atoms with Crippen LogP contribution in [0.15, 0.2) is 109 Å². The van der Waals surface area contributed by atoms with Gasteiger partial charge in [-0.25, -0.2) is 0 Å². The Morgan fingerprint density at radius 3 is 1.59 bits per heavy atom. The number of hydrogen-bond donors (Lipinski definition) is 1. The fraction of sp³-hybridized carbons (Fsp3) is 0.583. The van der Waals surface area contributed by atoms with Gasteiger partial charge in [0, 0.05) is 12.8 Å². The van der Waals surface area contributed by atoms with Crippen LogP contribution in [0.4, 0.5) is 0 Å². The second-order valence-corrected chi connectivity index (χ2v) is 16.6. The Hall–Kier alpha value is -3.37. The summed E-state index contributed by atoms with van der Waals surface area (Å²) in [6.07, 6.45) is 49.4. The minimum absolute atomic E-state index is 0.0625. The molecule has 0 radical (unpaired) electrons. The van der Waals surface area contributed by atoms with Crippen LogP contribution in [0.25, 0.3) is 0 Å². The van der Waals surface area contributed by atoms with E-state index in [2.05, 4.69) is 73.8 Å². The molecule has 0 fully saturated rings. The number of likely N-dealkylation sites (N-methyl/N-ethyl adjacent to an activating group) is 1. The molecule has 0 spiro atoms. The van der Waals surface area contributed by atoms with E-state index in [0.29, 0.717) is 43.1 Å². The lowest BCUT2D eigenvalue weighted by Crippen LogP contribution is -2.37. The van der Waals surface area contributed by atoms with Gasteiger partial charge in [-0.2, -0.15) is 0 Å². The summed E-state index contributed by atoms with van der Waals surface area (Å²) in [7, 11) is 1.06. The molecule has 59 heavy (non-hydrogen) atoms. The molecular weight excluding hydrogens is 766 g/mol. The summed E-state index contributed by atoms with van der Waals surface area (Å²) in [4.78, 5) is 37.5. The van der Waals surface area contributed by atoms with Crippen molar-refractivity contribution in [3.8, 4) is 0 Å². The summed E-state index contributed by atoms with van der Waals surface area (Å²) in [5, 5.41) is 9.48. The summed E-state index contributed by atoms with van der Waals surface area (Å²) in [6, 6.07) is 0. The van der Waals surface area contributed by atoms with Crippen molar-refractivity contribution in [1.29, 1.82) is 0 Å². The molecule has 0 aromatic carbocycles. The number of aliphatic hydroxyl groups is 1. The fourth-order valence-electron chi connectivity index (χ4n) is 4.87. The highest BCUT2D eigenvalue weighted by atomic mass is 31.2. The van der Waals surface area contributed by atoms with E-state index < -0.39 is 32.5 Å². The van der Waals surface area contributed by atoms with Gasteiger partial charge in [0.05, 0.1) is 33.9 Å². The molecule has 3 atom stereocenters. The summed E-state index contributed by atoms with van der Waals surface area (Å²) >= 11 is 0. The van der Waals surface area contributed by atoms with Gasteiger partial charge in [-0.1, -0.05) is 136 Å². The number of allylic oxidation sites excluding steroid dienone is 17. The van der Waals surface area contributed by atoms with Gasteiger partial charge in [0.15, 0.2) is 6.10 Å². The van der Waals surface area contributed by atoms with E-state index in [1.165, 1.54) is 19.3 Å². The first kappa shape index (κ1) is 55.6. The molecule has 0 aromatic rings. The van der Waals surface area contributed by atoms with Crippen LogP contribution < -0.4 is 4.89 Å². The molecule has 0 saturated heterocycles. The Labute approximate surface area is 358 Å². The van der Waals surface area contributed by atoms with Crippen molar-refractivity contribution in [1.82, 2.24) is 0 Å². The number of rotatable bonds is 37. The van der Waals surface area contributed by atoms with Crippen molar-refractivity contribution in [3.05, 3.63) is 109 Å². The first-order chi connectivity index (χ1) is 28.4. The molecule has 0 aliphatic carbocycles. The monoisotopic (exact) mass is 844 g/mol. The average molecular weight is 844 g/mol. The van der Waals surface area contributed by atoms with E-state index in [9.17, 15) is 24.2 Å². The quantitative estimate of drug-likeness (QED) is 0.0162. The zero-order valence-corrected chi connectivity index (χ0v) is 37.9. The molecule has 0 heterocycles. The highest BCUT2D eigenvalue weighted by molar-refractivity contribution is 7.45. The fourth-order valence-corrected chi connectivity index (χ4v) is 5.60. The van der Waals surface area contributed by atoms with Crippen LogP contribution in [0.3, 0.4) is 0 Å². The Balaban J connectivity index is 4.60. The van der Waals surface area contributed by atoms with Crippen LogP contribution >= 0.6 is 7.82 Å². The predicted molar refractivity (Wildman–Crippen MR) is 241 cm³/mol. The topological polar surface area (TPSA) is 131 Å². The van der Waals surface area contributed by atoms with E-state index in [-0.39, 0.29) is 32.2 Å². The SMILES string of the molecule is CCCCC/C=C\C/C=C\C/C=C\C/C=C\CCCC(=O)O[C@H](COC(=O)CCC/C=C\C/C=C\C/C=C\C/C=C\C=C\[C@@H](O)CC)COP(=O)([O-])OCC[N+](C)(C)C. The lowest BCUT2D eigenvalue weighted by molar-refractivity contribution is -0.870. The van der Waals surface area contributed by atoms with Crippen LogP contribution in [0, 0.1) is 0 Å². The maximum absolute atomic E-state index is 12.6. The molecule has 0 amide bonds. The zero-order chi connectivity index (χ0) is 43.7. The Morgan fingerprint density at radius 2 is 1.10 bits per heavy atom. The molecule has 334 valence electrons. The summed E-state index contributed by atoms with van der Waals surface area (Å²) in [5.41, 5.74) is 0. The smallest absolute Gasteiger partial charge is 0.306 e. The third-order valence-corrected chi connectivity index (χ3v) is 9.40. The summed E-state index contributed by atoms with van der Waals surface area (Å²) < 4.78 is 33.7. The molecule has 1 unspecified atom stereocenters. The standard InChI is InChI=1S/C48H78NO9P/c1-6-8-9-10-11-12-13-14-15-16-17-22-25-28-31-34-37-40-48(52)58-46(44-57-59(53,54)56-42-41-49(3,4)5)43-55-47(51)39-36-33-30-27-24-21-19-18-20-23-26-29-32-35-38-45(50)7-2/h11-12,14-15,17,19-23,27-32,35,38,45-46,50H,6-10,13,16,18,24-26,33-34,36-37,39-44H2,1-5H3/b12-11-,15-14-,21-19-,22-17-,23-20-,30-27-,31-28-,32-29-,38-35+/t45-,46+/m0/s1. The maximum Gasteiger partial charge on any atom is 0.306 e. The third kappa shape index (κ3) is 42.6. The molecule has 0 bridgehead atoms. The summed E-state index contributed by atoms with van der Waals surface area (Å²) in [5.74, 6) is -1.00. The predicted octanol–water partition coefficient (Wildman–Crippen LogP) is 10.7. The van der Waals surface area contributed by atoms with Gasteiger partial charge >= 0.3 is 11.9 Å². The Bertz CT molecular complexity index is 1380. The van der Waals surface area contributed by atoms with Crippen molar-refractivity contribution in [2.45, 2.75) is 135 Å². The van der Waals surface area contributed by atoms with Crippen LogP contribution in [-0.4, -0.2) is 81.2 Å². The minimum Gasteiger partial charge on any atom is -0.756 e. The number of carbonyl (C=O) groups excluding carboxylic acids is 2. The van der Waals surface area contributed by atoms with Crippen LogP contribution in [0.1, 0.15) is 123 Å². The second-order valence-electron chi connectivity index (χ2n) is 15.2. The highest BCUT2D eigenvalue weighted by Crippen LogP contribution is 2.38. The number of esters is 2. The number of phosphoric ester groups is 1. The van der Waals surface area contributed by atoms with Gasteiger partial charge < -0.3 is 33.0 Å². The number of unbranched alkanes of at least 4 members (excludes halogenated alkanes) is 5. The van der Waals surface area contributed by atoms with Gasteiger partial charge in [-0.3, -0.25) is 14.2 Å². The zero-order valence-electron chi connectivity index (χ0n) is 37.0. The summed E-state index contributed by atoms with van der Waals surface area (Å²) in [6.45, 7) is 3.69. The molecule has 0 aliphatic heterocycles. The average Bonchev–Trinajstić information content (AvgIpc) is 3.19. The van der Waals surface area contributed by atoms with E-state index >= 15 is 0 Å². The molecule has 10 nitrogen and oxygen atoms in total. The van der Waals surface area contributed by atoms with Crippen molar-refractivity contribution in [2.75, 3.05) is 47.5 Å². The van der Waals surface area contributed by atoms with Gasteiger partial charge in [0.25, 0.3) is 7.82 Å². The number of hydrogen-bond acceptors (Lipinski definition) is 9. The number of nitrogens with zero attached hydrogens (tertiary/aromatic N) is 1. The maximum atomic E-state index is 12.6. The van der Waals surface area contributed by atoms with E-state index in [1.807, 2.05) is 64.5 Å². The molecule has 11 heteroatoms. The molecule has 1 N–H and O–H groups in total. The molecule has 0 rings (SSSR count). The second kappa shape index (κ2) is 38.8. The largest absolute Gasteiger partial charge is 0.756 e. The van der Waals surface area contributed by atoms with Crippen molar-refractivity contribution >= 4 is 19.8 Å². The lowest BCUT2D eigenvalue weighted by atomic mass is 10.2. The molecule has 0 saturated carbocycles. The van der Waals surface area contributed by atoms with Gasteiger partial charge in [-0.15, -0.1) is 0 Å². The van der Waals surface area contributed by atoms with Crippen LogP contribution in [-0.2, 0) is 32.7 Å². The van der Waals surface area contributed by atoms with Crippen molar-refractivity contribution in [3.63, 3.8) is 0 Å². The lowest BCUT2D eigenvalue weighted by Gasteiger charge is -2.28. The Kier molecular flexibility index (Phi) is 36.6. The van der Waals surface area contributed by atoms with Crippen LogP contribution in [0.5, 0.6) is 0 Å². The minimum atomic E-state index is -4.67. The number of ether oxygens (including phenoxy) is 2. The first-order valence-electron chi connectivity index (χ1n) is 21.7. The van der Waals surface area contributed by atoms with Crippen molar-refractivity contribution in [2.24, 2.45) is 0 Å². The van der Waals surface area contributed by atoms with Gasteiger partial charge in [0.1, 0.15) is 19.8 Å². The van der Waals surface area contributed by atoms with E-state index in [0.717, 1.165) is 44.9 Å². The first-order valence-corrected chi connectivity index (χ1v) is 23.2. The van der Waals surface area contributed by atoms with Gasteiger partial charge in [-0.05, 0) is 83.5 Å².